The van der Waals surface area contributed by atoms with Crippen molar-refractivity contribution >= 4 is 5.97 Å². The van der Waals surface area contributed by atoms with Gasteiger partial charge in [-0.2, -0.15) is 0 Å². The van der Waals surface area contributed by atoms with Gasteiger partial charge in [-0.3, -0.25) is 0 Å². The molecule has 34 heavy (non-hydrogen) atoms. The molecule has 1 atom stereocenters. The third-order valence-electron chi connectivity index (χ3n) is 5.25. The zero-order valence-corrected chi connectivity index (χ0v) is 18.9. The first-order valence-electron chi connectivity index (χ1n) is 10.8. The number of aliphatic carboxylic acids is 1. The van der Waals surface area contributed by atoms with Crippen LogP contribution in [0.15, 0.2) is 83.3 Å². The molecule has 174 valence electrons. The Labute approximate surface area is 197 Å². The van der Waals surface area contributed by atoms with Crippen molar-refractivity contribution in [3.63, 3.8) is 0 Å². The zero-order chi connectivity index (χ0) is 23.9. The maximum atomic E-state index is 11.7. The van der Waals surface area contributed by atoms with Crippen LogP contribution in [0.3, 0.4) is 0 Å². The fourth-order valence-electron chi connectivity index (χ4n) is 3.45. The highest BCUT2D eigenvalue weighted by Gasteiger charge is 2.21. The summed E-state index contributed by atoms with van der Waals surface area (Å²) in [5.74, 6) is 1.20. The second-order valence-electron chi connectivity index (χ2n) is 7.60. The number of rotatable bonds is 10. The van der Waals surface area contributed by atoms with Crippen LogP contribution in [0.4, 0.5) is 0 Å². The molecule has 0 radical (unpaired) electrons. The molecule has 0 saturated carbocycles. The largest absolute Gasteiger partial charge is 0.493 e. The smallest absolute Gasteiger partial charge is 0.337 e. The molecule has 0 spiro atoms. The first-order valence-corrected chi connectivity index (χ1v) is 10.8. The Hall–Kier alpha value is -4.10. The monoisotopic (exact) mass is 459 g/mol. The van der Waals surface area contributed by atoms with Crippen LogP contribution in [0.2, 0.25) is 0 Å². The molecule has 7 heteroatoms. The SMILES string of the molecule is COc1ccc(COC(C(=O)O)c2ccccc2)cc1OCc1nc(-c2ccccc2)oc1C. The number of carbonyl (C=O) groups is 1. The Morgan fingerprint density at radius 1 is 0.971 bits per heavy atom. The van der Waals surface area contributed by atoms with Crippen molar-refractivity contribution in [1.82, 2.24) is 4.98 Å². The zero-order valence-electron chi connectivity index (χ0n) is 18.9. The molecule has 1 heterocycles. The molecule has 0 aliphatic rings. The molecule has 0 amide bonds. The first-order chi connectivity index (χ1) is 16.5. The molecule has 4 aromatic rings. The van der Waals surface area contributed by atoms with Gasteiger partial charge in [0, 0.05) is 5.56 Å². The summed E-state index contributed by atoms with van der Waals surface area (Å²) in [5.41, 5.74) is 2.90. The molecule has 1 N–H and O–H groups in total. The number of carboxylic acids is 1. The topological polar surface area (TPSA) is 91.0 Å². The van der Waals surface area contributed by atoms with Crippen LogP contribution in [0.5, 0.6) is 11.5 Å². The van der Waals surface area contributed by atoms with E-state index in [2.05, 4.69) is 4.98 Å². The van der Waals surface area contributed by atoms with Gasteiger partial charge >= 0.3 is 5.97 Å². The lowest BCUT2D eigenvalue weighted by atomic mass is 10.1. The summed E-state index contributed by atoms with van der Waals surface area (Å²) < 4.78 is 22.9. The molecular weight excluding hydrogens is 434 g/mol. The third kappa shape index (κ3) is 5.44. The molecule has 1 unspecified atom stereocenters. The minimum atomic E-state index is -1.07. The van der Waals surface area contributed by atoms with Crippen LogP contribution in [0, 0.1) is 6.92 Å². The molecule has 0 aliphatic heterocycles. The Balaban J connectivity index is 1.47. The summed E-state index contributed by atoms with van der Waals surface area (Å²) in [5, 5.41) is 9.58. The van der Waals surface area contributed by atoms with E-state index in [4.69, 9.17) is 18.6 Å². The molecule has 7 nitrogen and oxygen atoms in total. The van der Waals surface area contributed by atoms with Gasteiger partial charge in [0.05, 0.1) is 13.7 Å². The highest BCUT2D eigenvalue weighted by molar-refractivity contribution is 5.74. The molecule has 4 rings (SSSR count). The Morgan fingerprint density at radius 3 is 2.35 bits per heavy atom. The van der Waals surface area contributed by atoms with Crippen molar-refractivity contribution in [2.24, 2.45) is 0 Å². The predicted octanol–water partition coefficient (Wildman–Crippen LogP) is 5.58. The number of nitrogens with zero attached hydrogens (tertiary/aromatic N) is 1. The quantitative estimate of drug-likeness (QED) is 0.331. The number of aryl methyl sites for hydroxylation is 1. The fraction of sp³-hybridized carbons (Fsp3) is 0.185. The van der Waals surface area contributed by atoms with E-state index < -0.39 is 12.1 Å². The minimum Gasteiger partial charge on any atom is -0.493 e. The summed E-state index contributed by atoms with van der Waals surface area (Å²) in [4.78, 5) is 16.3. The highest BCUT2D eigenvalue weighted by Crippen LogP contribution is 2.31. The maximum absolute atomic E-state index is 11.7. The van der Waals surface area contributed by atoms with E-state index >= 15 is 0 Å². The van der Waals surface area contributed by atoms with E-state index in [1.165, 1.54) is 0 Å². The standard InChI is InChI=1S/C27H25NO6/c1-18-22(28-26(34-18)21-11-7-4-8-12-21)17-32-24-15-19(13-14-23(24)31-2)16-33-25(27(29)30)20-9-5-3-6-10-20/h3-15,25H,16-17H2,1-2H3,(H,29,30). The third-order valence-corrected chi connectivity index (χ3v) is 5.25. The van der Waals surface area contributed by atoms with Crippen molar-refractivity contribution < 1.29 is 28.5 Å². The lowest BCUT2D eigenvalue weighted by Crippen LogP contribution is -2.15. The summed E-state index contributed by atoms with van der Waals surface area (Å²) in [6.07, 6.45) is -1.07. The molecule has 3 aromatic carbocycles. The summed E-state index contributed by atoms with van der Waals surface area (Å²) in [7, 11) is 1.56. The van der Waals surface area contributed by atoms with Gasteiger partial charge in [-0.25, -0.2) is 9.78 Å². The average molecular weight is 459 g/mol. The summed E-state index contributed by atoms with van der Waals surface area (Å²) in [6.45, 7) is 2.12. The summed E-state index contributed by atoms with van der Waals surface area (Å²) >= 11 is 0. The normalized spacial score (nSPS) is 11.7. The van der Waals surface area contributed by atoms with Gasteiger partial charge in [0.25, 0.3) is 0 Å². The Morgan fingerprint density at radius 2 is 1.68 bits per heavy atom. The highest BCUT2D eigenvalue weighted by atomic mass is 16.5. The van der Waals surface area contributed by atoms with Gasteiger partial charge in [-0.1, -0.05) is 54.6 Å². The Kier molecular flexibility index (Phi) is 7.25. The maximum Gasteiger partial charge on any atom is 0.337 e. The van der Waals surface area contributed by atoms with E-state index in [1.54, 1.807) is 43.5 Å². The molecule has 0 bridgehead atoms. The number of aromatic nitrogens is 1. The molecule has 0 saturated heterocycles. The molecular formula is C27H25NO6. The van der Waals surface area contributed by atoms with Gasteiger partial charge in [0.1, 0.15) is 18.1 Å². The molecule has 1 aromatic heterocycles. The second-order valence-corrected chi connectivity index (χ2v) is 7.60. The van der Waals surface area contributed by atoms with Gasteiger partial charge in [-0.05, 0) is 42.3 Å². The number of methoxy groups -OCH3 is 1. The Bertz CT molecular complexity index is 1240. The van der Waals surface area contributed by atoms with Crippen molar-refractivity contribution in [3.05, 3.63) is 101 Å². The first kappa shape index (κ1) is 23.1. The van der Waals surface area contributed by atoms with Gasteiger partial charge in [-0.15, -0.1) is 0 Å². The summed E-state index contributed by atoms with van der Waals surface area (Å²) in [6, 6.07) is 23.8. The number of ether oxygens (including phenoxy) is 3. The van der Waals surface area contributed by atoms with Crippen LogP contribution < -0.4 is 9.47 Å². The molecule has 0 fully saturated rings. The van der Waals surface area contributed by atoms with E-state index in [0.717, 1.165) is 11.1 Å². The number of hydrogen-bond acceptors (Lipinski definition) is 6. The number of benzene rings is 3. The van der Waals surface area contributed by atoms with Gasteiger partial charge in [0.15, 0.2) is 17.6 Å². The van der Waals surface area contributed by atoms with Crippen LogP contribution in [-0.4, -0.2) is 23.2 Å². The van der Waals surface area contributed by atoms with E-state index in [0.29, 0.717) is 34.4 Å². The average Bonchev–Trinajstić information content (AvgIpc) is 3.24. The van der Waals surface area contributed by atoms with Crippen molar-refractivity contribution in [2.45, 2.75) is 26.2 Å². The van der Waals surface area contributed by atoms with E-state index in [9.17, 15) is 9.90 Å². The van der Waals surface area contributed by atoms with Crippen LogP contribution in [0.1, 0.15) is 28.7 Å². The lowest BCUT2D eigenvalue weighted by molar-refractivity contribution is -0.151. The second kappa shape index (κ2) is 10.7. The van der Waals surface area contributed by atoms with E-state index in [-0.39, 0.29) is 13.2 Å². The molecule has 0 aliphatic carbocycles. The van der Waals surface area contributed by atoms with Gasteiger partial charge < -0.3 is 23.7 Å². The predicted molar refractivity (Wildman–Crippen MR) is 126 cm³/mol. The van der Waals surface area contributed by atoms with Crippen LogP contribution in [-0.2, 0) is 22.7 Å². The van der Waals surface area contributed by atoms with Crippen LogP contribution in [0.25, 0.3) is 11.5 Å². The minimum absolute atomic E-state index is 0.0906. The fourth-order valence-corrected chi connectivity index (χ4v) is 3.45. The number of oxazole rings is 1. The number of carboxylic acid groups (broad SMARTS) is 1. The van der Waals surface area contributed by atoms with Crippen molar-refractivity contribution in [3.8, 4) is 23.0 Å². The van der Waals surface area contributed by atoms with Crippen molar-refractivity contribution in [1.29, 1.82) is 0 Å². The number of hydrogen-bond donors (Lipinski definition) is 1. The van der Waals surface area contributed by atoms with E-state index in [1.807, 2.05) is 49.4 Å². The van der Waals surface area contributed by atoms with Crippen molar-refractivity contribution in [2.75, 3.05) is 7.11 Å². The van der Waals surface area contributed by atoms with Gasteiger partial charge in [0.2, 0.25) is 5.89 Å². The lowest BCUT2D eigenvalue weighted by Gasteiger charge is -2.15. The van der Waals surface area contributed by atoms with Crippen LogP contribution >= 0.6 is 0 Å².